The minimum absolute atomic E-state index is 0.0588. The second-order valence-electron chi connectivity index (χ2n) is 6.33. The third kappa shape index (κ3) is 5.68. The molecule has 0 aliphatic rings. The van der Waals surface area contributed by atoms with Crippen LogP contribution in [-0.2, 0) is 4.79 Å². The zero-order valence-electron chi connectivity index (χ0n) is 15.3. The highest BCUT2D eigenvalue weighted by molar-refractivity contribution is 9.10. The molecule has 2 rings (SSSR count). The van der Waals surface area contributed by atoms with Gasteiger partial charge in [-0.3, -0.25) is 9.59 Å². The Balaban J connectivity index is 1.89. The molecule has 6 heteroatoms. The fourth-order valence-corrected chi connectivity index (χ4v) is 2.93. The molecule has 5 nitrogen and oxygen atoms in total. The van der Waals surface area contributed by atoms with Crippen molar-refractivity contribution < 1.29 is 14.9 Å². The van der Waals surface area contributed by atoms with Gasteiger partial charge in [-0.15, -0.1) is 0 Å². The monoisotopic (exact) mass is 418 g/mol. The molecule has 0 saturated heterocycles. The summed E-state index contributed by atoms with van der Waals surface area (Å²) in [5.41, 5.74) is 2.49. The van der Waals surface area contributed by atoms with Crippen molar-refractivity contribution >= 4 is 33.4 Å². The van der Waals surface area contributed by atoms with Crippen molar-refractivity contribution in [3.63, 3.8) is 0 Å². The Bertz CT molecular complexity index is 743. The van der Waals surface area contributed by atoms with Gasteiger partial charge in [0.15, 0.2) is 6.54 Å². The molecule has 0 saturated carbocycles. The summed E-state index contributed by atoms with van der Waals surface area (Å²) < 4.78 is 1.05. The molecule has 0 fully saturated rings. The highest BCUT2D eigenvalue weighted by Crippen LogP contribution is 2.16. The zero-order valence-corrected chi connectivity index (χ0v) is 16.9. The number of nitrogens with two attached hydrogens (primary N) is 1. The number of nitrogens with zero attached hydrogens (tertiary/aromatic N) is 1. The number of halogens is 1. The summed E-state index contributed by atoms with van der Waals surface area (Å²) in [5, 5.41) is 4.92. The van der Waals surface area contributed by atoms with Gasteiger partial charge in [0.05, 0.1) is 0 Å². The topological polar surface area (TPSA) is 66.0 Å². The molecule has 26 heavy (non-hydrogen) atoms. The lowest BCUT2D eigenvalue weighted by Crippen LogP contribution is -2.87. The second-order valence-corrected chi connectivity index (χ2v) is 7.25. The van der Waals surface area contributed by atoms with Crippen LogP contribution in [0.25, 0.3) is 0 Å². The number of anilines is 1. The summed E-state index contributed by atoms with van der Waals surface area (Å²) in [5.74, 6) is -0.122. The number of carbonyl (C=O) groups is 2. The van der Waals surface area contributed by atoms with Gasteiger partial charge < -0.3 is 15.5 Å². The predicted octanol–water partition coefficient (Wildman–Crippen LogP) is 2.80. The number of benzene rings is 2. The average Bonchev–Trinajstić information content (AvgIpc) is 2.63. The van der Waals surface area contributed by atoms with Gasteiger partial charge >= 0.3 is 0 Å². The van der Waals surface area contributed by atoms with E-state index in [1.54, 1.807) is 38.4 Å². The second kappa shape index (κ2) is 9.50. The van der Waals surface area contributed by atoms with Crippen LogP contribution in [0.3, 0.4) is 0 Å². The van der Waals surface area contributed by atoms with Gasteiger partial charge in [-0.25, -0.2) is 0 Å². The molecule has 0 aliphatic heterocycles. The van der Waals surface area contributed by atoms with E-state index in [0.717, 1.165) is 10.9 Å². The van der Waals surface area contributed by atoms with Crippen LogP contribution >= 0.6 is 15.9 Å². The van der Waals surface area contributed by atoms with Gasteiger partial charge in [-0.05, 0) is 36.4 Å². The van der Waals surface area contributed by atoms with Crippen LogP contribution < -0.4 is 10.6 Å². The fourth-order valence-electron chi connectivity index (χ4n) is 2.66. The van der Waals surface area contributed by atoms with E-state index in [1.807, 2.05) is 17.4 Å². The number of rotatable bonds is 7. The number of amides is 2. The molecule has 2 amide bonds. The van der Waals surface area contributed by atoms with Crippen LogP contribution in [0.5, 0.6) is 0 Å². The minimum atomic E-state index is -0.0627. The maximum absolute atomic E-state index is 12.2. The van der Waals surface area contributed by atoms with E-state index in [9.17, 15) is 9.59 Å². The Hall–Kier alpha value is -2.18. The summed E-state index contributed by atoms with van der Waals surface area (Å²) >= 11 is 3.44. The fraction of sp³-hybridized carbons (Fsp3) is 0.300. The van der Waals surface area contributed by atoms with E-state index in [2.05, 4.69) is 40.3 Å². The molecule has 0 heterocycles. The Morgan fingerprint density at radius 3 is 2.23 bits per heavy atom. The summed E-state index contributed by atoms with van der Waals surface area (Å²) in [4.78, 5) is 25.6. The third-order valence-electron chi connectivity index (χ3n) is 4.15. The highest BCUT2D eigenvalue weighted by Gasteiger charge is 2.15. The molecule has 2 aromatic rings. The minimum Gasteiger partial charge on any atom is -0.345 e. The summed E-state index contributed by atoms with van der Waals surface area (Å²) in [7, 11) is 3.42. The lowest BCUT2D eigenvalue weighted by Gasteiger charge is -2.14. The lowest BCUT2D eigenvalue weighted by atomic mass is 10.0. The van der Waals surface area contributed by atoms with Crippen LogP contribution in [0.2, 0.25) is 0 Å². The van der Waals surface area contributed by atoms with Crippen LogP contribution in [-0.4, -0.2) is 37.4 Å². The number of nitrogens with one attached hydrogen (secondary N) is 1. The molecule has 3 N–H and O–H groups in total. The first-order valence-electron chi connectivity index (χ1n) is 8.61. The zero-order chi connectivity index (χ0) is 19.1. The standard InChI is InChI=1S/C20H24BrN3O2/c1-4-18(14-5-9-16(21)10-6-14)22-13-19(25)23-17-11-7-15(8-12-17)20(26)24(2)3/h5-12,18,22H,4,13H2,1-3H3,(H,23,25)/p+1/t18-/m0/s1. The third-order valence-corrected chi connectivity index (χ3v) is 4.68. The first-order valence-corrected chi connectivity index (χ1v) is 9.40. The molecule has 1 atom stereocenters. The molecular weight excluding hydrogens is 394 g/mol. The van der Waals surface area contributed by atoms with E-state index in [-0.39, 0.29) is 17.9 Å². The molecule has 0 spiro atoms. The molecule has 0 bridgehead atoms. The summed E-state index contributed by atoms with van der Waals surface area (Å²) in [6, 6.07) is 15.4. The Labute approximate surface area is 162 Å². The Kier molecular flexibility index (Phi) is 7.36. The summed E-state index contributed by atoms with van der Waals surface area (Å²) in [6.07, 6.45) is 0.941. The number of carbonyl (C=O) groups excluding carboxylic acids is 2. The SMILES string of the molecule is CC[C@H]([NH2+]CC(=O)Nc1ccc(C(=O)N(C)C)cc1)c1ccc(Br)cc1. The smallest absolute Gasteiger partial charge is 0.279 e. The Morgan fingerprint density at radius 1 is 1.08 bits per heavy atom. The van der Waals surface area contributed by atoms with Gasteiger partial charge in [-0.2, -0.15) is 0 Å². The maximum Gasteiger partial charge on any atom is 0.279 e. The van der Waals surface area contributed by atoms with Gasteiger partial charge in [0.1, 0.15) is 6.04 Å². The van der Waals surface area contributed by atoms with Crippen molar-refractivity contribution in [3.05, 3.63) is 64.1 Å². The Morgan fingerprint density at radius 2 is 1.69 bits per heavy atom. The van der Waals surface area contributed by atoms with Crippen LogP contribution in [0.1, 0.15) is 35.3 Å². The van der Waals surface area contributed by atoms with E-state index in [4.69, 9.17) is 0 Å². The number of hydrogen-bond acceptors (Lipinski definition) is 2. The molecule has 2 aromatic carbocycles. The van der Waals surface area contributed by atoms with Crippen molar-refractivity contribution in [1.29, 1.82) is 0 Å². The normalized spacial score (nSPS) is 11.7. The predicted molar refractivity (Wildman–Crippen MR) is 107 cm³/mol. The molecule has 0 aromatic heterocycles. The van der Waals surface area contributed by atoms with E-state index in [1.165, 1.54) is 10.5 Å². The van der Waals surface area contributed by atoms with Gasteiger partial charge in [0, 0.05) is 41.8 Å². The highest BCUT2D eigenvalue weighted by atomic mass is 79.9. The largest absolute Gasteiger partial charge is 0.345 e. The van der Waals surface area contributed by atoms with E-state index < -0.39 is 0 Å². The van der Waals surface area contributed by atoms with Crippen molar-refractivity contribution in [2.75, 3.05) is 26.0 Å². The maximum atomic E-state index is 12.2. The lowest BCUT2D eigenvalue weighted by molar-refractivity contribution is -0.686. The average molecular weight is 419 g/mol. The summed E-state index contributed by atoms with van der Waals surface area (Å²) in [6.45, 7) is 2.45. The molecule has 138 valence electrons. The molecular formula is C20H25BrN3O2+. The van der Waals surface area contributed by atoms with Gasteiger partial charge in [-0.1, -0.05) is 35.0 Å². The van der Waals surface area contributed by atoms with Crippen molar-refractivity contribution in [2.24, 2.45) is 0 Å². The first-order chi connectivity index (χ1) is 12.4. The molecule has 0 radical (unpaired) electrons. The van der Waals surface area contributed by atoms with Crippen molar-refractivity contribution in [2.45, 2.75) is 19.4 Å². The number of hydrogen-bond donors (Lipinski definition) is 2. The first kappa shape index (κ1) is 20.1. The quantitative estimate of drug-likeness (QED) is 0.725. The molecule has 0 unspecified atom stereocenters. The van der Waals surface area contributed by atoms with E-state index in [0.29, 0.717) is 17.8 Å². The van der Waals surface area contributed by atoms with Crippen LogP contribution in [0.15, 0.2) is 53.0 Å². The van der Waals surface area contributed by atoms with E-state index >= 15 is 0 Å². The van der Waals surface area contributed by atoms with Gasteiger partial charge in [0.2, 0.25) is 0 Å². The van der Waals surface area contributed by atoms with Gasteiger partial charge in [0.25, 0.3) is 11.8 Å². The van der Waals surface area contributed by atoms with Crippen LogP contribution in [0.4, 0.5) is 5.69 Å². The molecule has 0 aliphatic carbocycles. The number of quaternary nitrogens is 1. The van der Waals surface area contributed by atoms with Crippen LogP contribution in [0, 0.1) is 0 Å². The van der Waals surface area contributed by atoms with Crippen molar-refractivity contribution in [1.82, 2.24) is 4.90 Å². The van der Waals surface area contributed by atoms with Crippen molar-refractivity contribution in [3.8, 4) is 0 Å².